The molecule has 0 aliphatic rings. The second kappa shape index (κ2) is 5.80. The third-order valence-corrected chi connectivity index (χ3v) is 3.03. The van der Waals surface area contributed by atoms with Crippen LogP contribution in [0.5, 0.6) is 0 Å². The van der Waals surface area contributed by atoms with E-state index in [1.54, 1.807) is 6.07 Å². The average Bonchev–Trinajstić information content (AvgIpc) is 2.21. The van der Waals surface area contributed by atoms with Crippen LogP contribution in [0.25, 0.3) is 0 Å². The predicted molar refractivity (Wildman–Crippen MR) is 66.4 cm³/mol. The van der Waals surface area contributed by atoms with Gasteiger partial charge < -0.3 is 10.4 Å². The standard InChI is InChI=1S/C10H12Cl3NO/c1-6-2-10(9(13)3-8(6)12)14-5-7(15)4-11/h2-3,7,14-15H,4-5H2,1H3. The number of aliphatic hydroxyl groups excluding tert-OH is 1. The van der Waals surface area contributed by atoms with E-state index in [-0.39, 0.29) is 5.88 Å². The molecule has 1 rings (SSSR count). The summed E-state index contributed by atoms with van der Waals surface area (Å²) in [5.74, 6) is 0.192. The van der Waals surface area contributed by atoms with E-state index in [1.807, 2.05) is 13.0 Å². The molecule has 84 valence electrons. The van der Waals surface area contributed by atoms with Crippen molar-refractivity contribution in [2.45, 2.75) is 13.0 Å². The van der Waals surface area contributed by atoms with Gasteiger partial charge in [-0.1, -0.05) is 23.2 Å². The maximum absolute atomic E-state index is 9.27. The Morgan fingerprint density at radius 1 is 1.33 bits per heavy atom. The summed E-state index contributed by atoms with van der Waals surface area (Å²) in [6.45, 7) is 2.26. The first-order chi connectivity index (χ1) is 7.04. The number of halogens is 3. The number of anilines is 1. The molecule has 0 radical (unpaired) electrons. The zero-order valence-electron chi connectivity index (χ0n) is 8.23. The Balaban J connectivity index is 2.73. The Bertz CT molecular complexity index is 344. The van der Waals surface area contributed by atoms with Gasteiger partial charge in [0, 0.05) is 11.6 Å². The predicted octanol–water partition coefficient (Wildman–Crippen LogP) is 3.31. The second-order valence-electron chi connectivity index (χ2n) is 3.27. The minimum atomic E-state index is -0.585. The summed E-state index contributed by atoms with van der Waals surface area (Å²) in [5, 5.41) is 13.4. The first kappa shape index (κ1) is 12.9. The number of aliphatic hydroxyl groups is 1. The Morgan fingerprint density at radius 3 is 2.60 bits per heavy atom. The van der Waals surface area contributed by atoms with Crippen LogP contribution in [0.4, 0.5) is 5.69 Å². The summed E-state index contributed by atoms with van der Waals surface area (Å²) in [6, 6.07) is 3.51. The Morgan fingerprint density at radius 2 is 2.00 bits per heavy atom. The number of nitrogens with one attached hydrogen (secondary N) is 1. The molecule has 0 amide bonds. The third kappa shape index (κ3) is 3.72. The minimum Gasteiger partial charge on any atom is -0.390 e. The van der Waals surface area contributed by atoms with Crippen LogP contribution in [0.1, 0.15) is 5.56 Å². The largest absolute Gasteiger partial charge is 0.390 e. The van der Waals surface area contributed by atoms with Gasteiger partial charge in [0.1, 0.15) is 0 Å². The number of benzene rings is 1. The van der Waals surface area contributed by atoms with Gasteiger partial charge in [-0.15, -0.1) is 11.6 Å². The van der Waals surface area contributed by atoms with Gasteiger partial charge >= 0.3 is 0 Å². The highest BCUT2D eigenvalue weighted by Crippen LogP contribution is 2.28. The molecule has 1 aromatic carbocycles. The van der Waals surface area contributed by atoms with E-state index in [4.69, 9.17) is 34.8 Å². The van der Waals surface area contributed by atoms with Crippen LogP contribution in [0.2, 0.25) is 10.0 Å². The van der Waals surface area contributed by atoms with Gasteiger partial charge in [0.25, 0.3) is 0 Å². The molecule has 1 unspecified atom stereocenters. The van der Waals surface area contributed by atoms with Crippen LogP contribution in [0, 0.1) is 6.92 Å². The summed E-state index contributed by atoms with van der Waals surface area (Å²) >= 11 is 17.3. The van der Waals surface area contributed by atoms with E-state index in [9.17, 15) is 5.11 Å². The third-order valence-electron chi connectivity index (χ3n) is 1.95. The van der Waals surface area contributed by atoms with E-state index in [2.05, 4.69) is 5.32 Å². The molecule has 2 N–H and O–H groups in total. The number of aryl methyl sites for hydroxylation is 1. The van der Waals surface area contributed by atoms with Crippen molar-refractivity contribution in [1.82, 2.24) is 0 Å². The monoisotopic (exact) mass is 267 g/mol. The first-order valence-corrected chi connectivity index (χ1v) is 5.77. The molecule has 0 heterocycles. The number of hydrogen-bond acceptors (Lipinski definition) is 2. The molecule has 0 spiro atoms. The lowest BCUT2D eigenvalue weighted by molar-refractivity contribution is 0.211. The average molecular weight is 269 g/mol. The minimum absolute atomic E-state index is 0.192. The maximum atomic E-state index is 9.27. The lowest BCUT2D eigenvalue weighted by Crippen LogP contribution is -2.20. The van der Waals surface area contributed by atoms with Crippen molar-refractivity contribution < 1.29 is 5.11 Å². The molecule has 0 saturated heterocycles. The summed E-state index contributed by atoms with van der Waals surface area (Å²) in [6.07, 6.45) is -0.585. The molecule has 5 heteroatoms. The Hall–Kier alpha value is -0.150. The fourth-order valence-corrected chi connectivity index (χ4v) is 1.63. The van der Waals surface area contributed by atoms with E-state index in [1.165, 1.54) is 0 Å². The molecule has 0 bridgehead atoms. The number of rotatable bonds is 4. The first-order valence-electron chi connectivity index (χ1n) is 4.48. The molecule has 1 atom stereocenters. The lowest BCUT2D eigenvalue weighted by atomic mass is 10.2. The van der Waals surface area contributed by atoms with Gasteiger partial charge in [-0.2, -0.15) is 0 Å². The molecule has 2 nitrogen and oxygen atoms in total. The van der Waals surface area contributed by atoms with E-state index in [0.29, 0.717) is 16.6 Å². The van der Waals surface area contributed by atoms with E-state index < -0.39 is 6.10 Å². The highest BCUT2D eigenvalue weighted by atomic mass is 35.5. The van der Waals surface area contributed by atoms with Crippen LogP contribution in [0.3, 0.4) is 0 Å². The van der Waals surface area contributed by atoms with Crippen molar-refractivity contribution >= 4 is 40.5 Å². The molecule has 1 aromatic rings. The van der Waals surface area contributed by atoms with Crippen molar-refractivity contribution in [2.24, 2.45) is 0 Å². The summed E-state index contributed by atoms with van der Waals surface area (Å²) in [5.41, 5.74) is 1.69. The van der Waals surface area contributed by atoms with Gasteiger partial charge in [-0.25, -0.2) is 0 Å². The summed E-state index contributed by atoms with van der Waals surface area (Å²) in [7, 11) is 0. The smallest absolute Gasteiger partial charge is 0.0847 e. The number of alkyl halides is 1. The van der Waals surface area contributed by atoms with Gasteiger partial charge in [-0.3, -0.25) is 0 Å². The highest BCUT2D eigenvalue weighted by molar-refractivity contribution is 6.36. The van der Waals surface area contributed by atoms with Crippen LogP contribution < -0.4 is 5.32 Å². The van der Waals surface area contributed by atoms with Crippen LogP contribution in [-0.2, 0) is 0 Å². The van der Waals surface area contributed by atoms with Crippen LogP contribution in [-0.4, -0.2) is 23.6 Å². The van der Waals surface area contributed by atoms with Crippen molar-refractivity contribution in [3.63, 3.8) is 0 Å². The molecule has 0 saturated carbocycles. The summed E-state index contributed by atoms with van der Waals surface area (Å²) < 4.78 is 0. The molecular formula is C10H12Cl3NO. The zero-order chi connectivity index (χ0) is 11.4. The van der Waals surface area contributed by atoms with Gasteiger partial charge in [0.15, 0.2) is 0 Å². The van der Waals surface area contributed by atoms with Crippen molar-refractivity contribution in [1.29, 1.82) is 0 Å². The van der Waals surface area contributed by atoms with Crippen molar-refractivity contribution in [2.75, 3.05) is 17.7 Å². The second-order valence-corrected chi connectivity index (χ2v) is 4.39. The number of hydrogen-bond donors (Lipinski definition) is 2. The molecule has 0 aliphatic heterocycles. The quantitative estimate of drug-likeness (QED) is 0.821. The molecule has 0 fully saturated rings. The van der Waals surface area contributed by atoms with E-state index in [0.717, 1.165) is 11.3 Å². The van der Waals surface area contributed by atoms with Gasteiger partial charge in [-0.05, 0) is 24.6 Å². The van der Waals surface area contributed by atoms with Crippen LogP contribution >= 0.6 is 34.8 Å². The molecule has 0 aromatic heterocycles. The summed E-state index contributed by atoms with van der Waals surface area (Å²) in [4.78, 5) is 0. The SMILES string of the molecule is Cc1cc(NCC(O)CCl)c(Cl)cc1Cl. The normalized spacial score (nSPS) is 12.6. The van der Waals surface area contributed by atoms with Gasteiger partial charge in [0.05, 0.1) is 22.7 Å². The fourth-order valence-electron chi connectivity index (χ4n) is 1.08. The Labute approximate surface area is 104 Å². The molecule has 15 heavy (non-hydrogen) atoms. The lowest BCUT2D eigenvalue weighted by Gasteiger charge is -2.12. The van der Waals surface area contributed by atoms with Crippen molar-refractivity contribution in [3.8, 4) is 0 Å². The molecular weight excluding hydrogens is 256 g/mol. The topological polar surface area (TPSA) is 32.3 Å². The highest BCUT2D eigenvalue weighted by Gasteiger charge is 2.06. The Kier molecular flexibility index (Phi) is 5.00. The fraction of sp³-hybridized carbons (Fsp3) is 0.400. The molecule has 0 aliphatic carbocycles. The van der Waals surface area contributed by atoms with Crippen LogP contribution in [0.15, 0.2) is 12.1 Å². The van der Waals surface area contributed by atoms with Crippen molar-refractivity contribution in [3.05, 3.63) is 27.7 Å². The zero-order valence-corrected chi connectivity index (χ0v) is 10.5. The van der Waals surface area contributed by atoms with Gasteiger partial charge in [0.2, 0.25) is 0 Å². The maximum Gasteiger partial charge on any atom is 0.0847 e. The van der Waals surface area contributed by atoms with E-state index >= 15 is 0 Å².